The first-order valence-corrected chi connectivity index (χ1v) is 5.74. The van der Waals surface area contributed by atoms with Crippen LogP contribution in [0.25, 0.3) is 0 Å². The van der Waals surface area contributed by atoms with Gasteiger partial charge in [-0.25, -0.2) is 0 Å². The highest BCUT2D eigenvalue weighted by molar-refractivity contribution is 5.94. The third-order valence-corrected chi connectivity index (χ3v) is 2.59. The predicted octanol–water partition coefficient (Wildman–Crippen LogP) is 1.56. The van der Waals surface area contributed by atoms with Crippen molar-refractivity contribution in [2.24, 2.45) is 0 Å². The molecule has 1 aromatic carbocycles. The maximum atomic E-state index is 11.7. The van der Waals surface area contributed by atoms with Crippen molar-refractivity contribution in [3.63, 3.8) is 0 Å². The van der Waals surface area contributed by atoms with Crippen molar-refractivity contribution >= 4 is 5.91 Å². The van der Waals surface area contributed by atoms with Crippen LogP contribution in [-0.4, -0.2) is 37.0 Å². The Labute approximate surface area is 97.5 Å². The maximum absolute atomic E-state index is 11.7. The van der Waals surface area contributed by atoms with E-state index in [0.717, 1.165) is 19.6 Å². The monoisotopic (exact) mass is 219 g/mol. The molecule has 0 aliphatic rings. The summed E-state index contributed by atoms with van der Waals surface area (Å²) in [5, 5.41) is 2.90. The molecule has 0 spiro atoms. The summed E-state index contributed by atoms with van der Waals surface area (Å²) in [5.41, 5.74) is 0.693. The summed E-state index contributed by atoms with van der Waals surface area (Å²) in [5.74, 6) is -0.0128. The molecular weight excluding hydrogens is 200 g/mol. The van der Waals surface area contributed by atoms with Crippen LogP contribution in [0.3, 0.4) is 0 Å². The van der Waals surface area contributed by atoms with E-state index in [1.807, 2.05) is 0 Å². The number of likely N-dealkylation sites (N-methyl/N-ethyl adjacent to an activating group) is 1. The number of carbonyl (C=O) groups is 1. The number of rotatable bonds is 6. The molecule has 0 aliphatic heterocycles. The van der Waals surface area contributed by atoms with Crippen molar-refractivity contribution in [3.8, 4) is 0 Å². The molecule has 0 aromatic heterocycles. The molecule has 0 aliphatic carbocycles. The molecule has 1 radical (unpaired) electrons. The molecule has 87 valence electrons. The van der Waals surface area contributed by atoms with Gasteiger partial charge in [0.25, 0.3) is 5.91 Å². The number of nitrogens with one attached hydrogen (secondary N) is 1. The largest absolute Gasteiger partial charge is 0.351 e. The van der Waals surface area contributed by atoms with E-state index in [-0.39, 0.29) is 5.91 Å². The molecule has 1 aromatic rings. The van der Waals surface area contributed by atoms with E-state index in [9.17, 15) is 4.79 Å². The lowest BCUT2D eigenvalue weighted by Crippen LogP contribution is -2.34. The Hall–Kier alpha value is -1.35. The van der Waals surface area contributed by atoms with Crippen molar-refractivity contribution in [2.75, 3.05) is 26.2 Å². The molecular formula is C13H19N2O. The van der Waals surface area contributed by atoms with Gasteiger partial charge in [0.1, 0.15) is 0 Å². The first kappa shape index (κ1) is 12.7. The zero-order chi connectivity index (χ0) is 11.8. The lowest BCUT2D eigenvalue weighted by molar-refractivity contribution is 0.0949. The van der Waals surface area contributed by atoms with Gasteiger partial charge in [-0.3, -0.25) is 4.79 Å². The minimum absolute atomic E-state index is 0.0128. The summed E-state index contributed by atoms with van der Waals surface area (Å²) in [6.45, 7) is 7.88. The molecule has 1 amide bonds. The first-order chi connectivity index (χ1) is 7.77. The Bertz CT molecular complexity index is 307. The molecule has 0 bridgehead atoms. The second-order valence-corrected chi connectivity index (χ2v) is 3.57. The Morgan fingerprint density at radius 1 is 1.31 bits per heavy atom. The first-order valence-electron chi connectivity index (χ1n) is 5.74. The molecule has 0 fully saturated rings. The smallest absolute Gasteiger partial charge is 0.251 e. The van der Waals surface area contributed by atoms with Gasteiger partial charge in [-0.15, -0.1) is 0 Å². The summed E-state index contributed by atoms with van der Waals surface area (Å²) < 4.78 is 0. The number of carbonyl (C=O) groups excluding carboxylic acids is 1. The second-order valence-electron chi connectivity index (χ2n) is 3.57. The maximum Gasteiger partial charge on any atom is 0.251 e. The van der Waals surface area contributed by atoms with Crippen LogP contribution < -0.4 is 5.32 Å². The Morgan fingerprint density at radius 2 is 1.94 bits per heavy atom. The van der Waals surface area contributed by atoms with E-state index in [2.05, 4.69) is 30.1 Å². The van der Waals surface area contributed by atoms with Gasteiger partial charge >= 0.3 is 0 Å². The highest BCUT2D eigenvalue weighted by Gasteiger charge is 2.04. The lowest BCUT2D eigenvalue weighted by Gasteiger charge is -2.17. The van der Waals surface area contributed by atoms with Gasteiger partial charge in [-0.1, -0.05) is 26.0 Å². The normalized spacial score (nSPS) is 10.4. The summed E-state index contributed by atoms with van der Waals surface area (Å²) in [4.78, 5) is 13.9. The molecule has 1 N–H and O–H groups in total. The fraction of sp³-hybridized carbons (Fsp3) is 0.462. The van der Waals surface area contributed by atoms with Gasteiger partial charge in [-0.05, 0) is 31.3 Å². The number of benzene rings is 1. The minimum atomic E-state index is -0.0128. The zero-order valence-electron chi connectivity index (χ0n) is 9.99. The van der Waals surface area contributed by atoms with Crippen LogP contribution in [0.5, 0.6) is 0 Å². The zero-order valence-corrected chi connectivity index (χ0v) is 9.99. The number of hydrogen-bond acceptors (Lipinski definition) is 2. The number of amides is 1. The lowest BCUT2D eigenvalue weighted by atomic mass is 10.2. The fourth-order valence-electron chi connectivity index (χ4n) is 1.51. The van der Waals surface area contributed by atoms with Gasteiger partial charge in [0.05, 0.1) is 0 Å². The van der Waals surface area contributed by atoms with E-state index in [4.69, 9.17) is 0 Å². The van der Waals surface area contributed by atoms with Crippen LogP contribution in [0.15, 0.2) is 24.3 Å². The average Bonchev–Trinajstić information content (AvgIpc) is 2.35. The Balaban J connectivity index is 2.31. The van der Waals surface area contributed by atoms with E-state index >= 15 is 0 Å². The second kappa shape index (κ2) is 7.01. The third kappa shape index (κ3) is 4.03. The molecule has 0 saturated carbocycles. The Morgan fingerprint density at radius 3 is 2.50 bits per heavy atom. The standard InChI is InChI=1S/C13H19N2O/c1-3-15(4-2)11-10-14-13(16)12-8-6-5-7-9-12/h6-9H,3-4,10-11H2,1-2H3,(H,14,16). The van der Waals surface area contributed by atoms with Crippen molar-refractivity contribution in [2.45, 2.75) is 13.8 Å². The third-order valence-electron chi connectivity index (χ3n) is 2.59. The number of nitrogens with zero attached hydrogens (tertiary/aromatic N) is 1. The Kier molecular flexibility index (Phi) is 5.57. The van der Waals surface area contributed by atoms with E-state index in [1.165, 1.54) is 0 Å². The predicted molar refractivity (Wildman–Crippen MR) is 65.4 cm³/mol. The molecule has 3 nitrogen and oxygen atoms in total. The molecule has 16 heavy (non-hydrogen) atoms. The number of hydrogen-bond donors (Lipinski definition) is 1. The van der Waals surface area contributed by atoms with Gasteiger partial charge in [0.15, 0.2) is 0 Å². The van der Waals surface area contributed by atoms with Crippen LogP contribution in [0, 0.1) is 6.07 Å². The fourth-order valence-corrected chi connectivity index (χ4v) is 1.51. The molecule has 1 rings (SSSR count). The van der Waals surface area contributed by atoms with Crippen molar-refractivity contribution in [3.05, 3.63) is 35.9 Å². The summed E-state index contributed by atoms with van der Waals surface area (Å²) in [6.07, 6.45) is 0. The van der Waals surface area contributed by atoms with Gasteiger partial charge < -0.3 is 10.2 Å². The molecule has 0 unspecified atom stereocenters. The minimum Gasteiger partial charge on any atom is -0.351 e. The van der Waals surface area contributed by atoms with Crippen LogP contribution in [0.2, 0.25) is 0 Å². The summed E-state index contributed by atoms with van der Waals surface area (Å²) >= 11 is 0. The summed E-state index contributed by atoms with van der Waals surface area (Å²) in [6, 6.07) is 9.93. The SMILES string of the molecule is CCN(CC)CCNC(=O)c1cc[c]cc1. The molecule has 0 heterocycles. The molecule has 3 heteroatoms. The highest BCUT2D eigenvalue weighted by atomic mass is 16.1. The molecule has 0 atom stereocenters. The van der Waals surface area contributed by atoms with Crippen LogP contribution >= 0.6 is 0 Å². The quantitative estimate of drug-likeness (QED) is 0.787. The van der Waals surface area contributed by atoms with Crippen molar-refractivity contribution in [1.82, 2.24) is 10.2 Å². The molecule has 0 saturated heterocycles. The van der Waals surface area contributed by atoms with Gasteiger partial charge in [-0.2, -0.15) is 0 Å². The van der Waals surface area contributed by atoms with Gasteiger partial charge in [0.2, 0.25) is 0 Å². The topological polar surface area (TPSA) is 32.3 Å². The van der Waals surface area contributed by atoms with Crippen molar-refractivity contribution in [1.29, 1.82) is 0 Å². The highest BCUT2D eigenvalue weighted by Crippen LogP contribution is 1.96. The summed E-state index contributed by atoms with van der Waals surface area (Å²) in [7, 11) is 0. The van der Waals surface area contributed by atoms with E-state index in [1.54, 1.807) is 24.3 Å². The van der Waals surface area contributed by atoms with E-state index in [0.29, 0.717) is 12.1 Å². The van der Waals surface area contributed by atoms with Crippen LogP contribution in [0.4, 0.5) is 0 Å². The van der Waals surface area contributed by atoms with E-state index < -0.39 is 0 Å². The van der Waals surface area contributed by atoms with Crippen LogP contribution in [-0.2, 0) is 0 Å². The van der Waals surface area contributed by atoms with Crippen LogP contribution in [0.1, 0.15) is 24.2 Å². The van der Waals surface area contributed by atoms with Gasteiger partial charge in [0, 0.05) is 18.7 Å². The average molecular weight is 219 g/mol. The van der Waals surface area contributed by atoms with Crippen molar-refractivity contribution < 1.29 is 4.79 Å².